The fourth-order valence-electron chi connectivity index (χ4n) is 1.30. The summed E-state index contributed by atoms with van der Waals surface area (Å²) in [6.07, 6.45) is 6.21. The molecule has 0 saturated heterocycles. The first-order chi connectivity index (χ1) is 7.17. The highest BCUT2D eigenvalue weighted by atomic mass is 16.7. The number of hydrogen-bond donors (Lipinski definition) is 1. The number of carbonyl (C=O) groups is 1. The molecule has 0 unspecified atom stereocenters. The molecule has 0 bridgehead atoms. The minimum Gasteiger partial charge on any atom is -0.411 e. The Morgan fingerprint density at radius 1 is 1.60 bits per heavy atom. The summed E-state index contributed by atoms with van der Waals surface area (Å²) in [5.74, 6) is -1.14. The Morgan fingerprint density at radius 3 is 2.67 bits per heavy atom. The van der Waals surface area contributed by atoms with Gasteiger partial charge in [0, 0.05) is 26.2 Å². The SMILES string of the molecule is COC1(OC)C=CC(C(=O)C=NO)=CC1. The van der Waals surface area contributed by atoms with Crippen LogP contribution in [-0.4, -0.2) is 37.2 Å². The van der Waals surface area contributed by atoms with Crippen LogP contribution >= 0.6 is 0 Å². The van der Waals surface area contributed by atoms with E-state index in [1.165, 1.54) is 14.2 Å². The van der Waals surface area contributed by atoms with Crippen LogP contribution in [0.5, 0.6) is 0 Å². The first kappa shape index (κ1) is 11.6. The van der Waals surface area contributed by atoms with Gasteiger partial charge in [-0.2, -0.15) is 0 Å². The highest BCUT2D eigenvalue weighted by Crippen LogP contribution is 2.24. The van der Waals surface area contributed by atoms with Crippen LogP contribution in [-0.2, 0) is 14.3 Å². The molecule has 0 aliphatic heterocycles. The minimum atomic E-state index is -0.792. The molecule has 0 heterocycles. The average Bonchev–Trinajstić information content (AvgIpc) is 2.29. The summed E-state index contributed by atoms with van der Waals surface area (Å²) in [6, 6.07) is 0. The van der Waals surface area contributed by atoms with Gasteiger partial charge in [-0.3, -0.25) is 4.79 Å². The van der Waals surface area contributed by atoms with Crippen LogP contribution < -0.4 is 0 Å². The second-order valence-electron chi connectivity index (χ2n) is 3.03. The number of carbonyl (C=O) groups excluding carboxylic acids is 1. The van der Waals surface area contributed by atoms with Gasteiger partial charge in [-0.1, -0.05) is 17.3 Å². The molecular weight excluding hydrogens is 198 g/mol. The normalized spacial score (nSPS) is 19.2. The largest absolute Gasteiger partial charge is 0.411 e. The third-order valence-electron chi connectivity index (χ3n) is 2.27. The number of rotatable bonds is 4. The van der Waals surface area contributed by atoms with E-state index >= 15 is 0 Å². The number of ether oxygens (including phenoxy) is 2. The van der Waals surface area contributed by atoms with Gasteiger partial charge in [0.15, 0.2) is 5.79 Å². The molecule has 5 heteroatoms. The van der Waals surface area contributed by atoms with Crippen molar-refractivity contribution in [3.05, 3.63) is 23.8 Å². The first-order valence-corrected chi connectivity index (χ1v) is 4.39. The zero-order valence-electron chi connectivity index (χ0n) is 8.64. The van der Waals surface area contributed by atoms with Gasteiger partial charge in [0.1, 0.15) is 6.21 Å². The fourth-order valence-corrected chi connectivity index (χ4v) is 1.30. The molecule has 0 aromatic heterocycles. The molecular formula is C10H13NO4. The van der Waals surface area contributed by atoms with Crippen molar-refractivity contribution >= 4 is 12.0 Å². The maximum atomic E-state index is 11.3. The molecule has 1 aliphatic carbocycles. The summed E-state index contributed by atoms with van der Waals surface area (Å²) < 4.78 is 10.3. The van der Waals surface area contributed by atoms with Gasteiger partial charge in [-0.25, -0.2) is 0 Å². The van der Waals surface area contributed by atoms with Gasteiger partial charge >= 0.3 is 0 Å². The van der Waals surface area contributed by atoms with Crippen LogP contribution in [0.15, 0.2) is 29.0 Å². The maximum absolute atomic E-state index is 11.3. The van der Waals surface area contributed by atoms with E-state index in [4.69, 9.17) is 14.7 Å². The summed E-state index contributed by atoms with van der Waals surface area (Å²) in [4.78, 5) is 11.3. The van der Waals surface area contributed by atoms with E-state index < -0.39 is 5.79 Å². The Hall–Kier alpha value is -1.46. The molecule has 1 N–H and O–H groups in total. The summed E-state index contributed by atoms with van der Waals surface area (Å²) in [6.45, 7) is 0. The van der Waals surface area contributed by atoms with E-state index in [1.807, 2.05) is 0 Å². The second-order valence-corrected chi connectivity index (χ2v) is 3.03. The van der Waals surface area contributed by atoms with E-state index in [0.717, 1.165) is 6.21 Å². The van der Waals surface area contributed by atoms with Gasteiger partial charge in [0.05, 0.1) is 0 Å². The topological polar surface area (TPSA) is 68.1 Å². The molecule has 1 rings (SSSR count). The highest BCUT2D eigenvalue weighted by Gasteiger charge is 2.28. The number of methoxy groups -OCH3 is 2. The van der Waals surface area contributed by atoms with Crippen molar-refractivity contribution in [2.45, 2.75) is 12.2 Å². The lowest BCUT2D eigenvalue weighted by molar-refractivity contribution is -0.167. The minimum absolute atomic E-state index is 0.352. The van der Waals surface area contributed by atoms with E-state index in [-0.39, 0.29) is 5.78 Å². The molecule has 0 saturated carbocycles. The lowest BCUT2D eigenvalue weighted by atomic mass is 9.99. The Labute approximate surface area is 87.7 Å². The van der Waals surface area contributed by atoms with Gasteiger partial charge in [0.2, 0.25) is 5.78 Å². The quantitative estimate of drug-likeness (QED) is 0.324. The highest BCUT2D eigenvalue weighted by molar-refractivity contribution is 6.35. The number of allylic oxidation sites excluding steroid dienone is 2. The van der Waals surface area contributed by atoms with Crippen LogP contribution in [0.3, 0.4) is 0 Å². The Kier molecular flexibility index (Phi) is 3.76. The van der Waals surface area contributed by atoms with Crippen molar-refractivity contribution in [2.75, 3.05) is 14.2 Å². The fraction of sp³-hybridized carbons (Fsp3) is 0.400. The Morgan fingerprint density at radius 2 is 2.27 bits per heavy atom. The maximum Gasteiger partial charge on any atom is 0.207 e. The average molecular weight is 211 g/mol. The summed E-state index contributed by atoms with van der Waals surface area (Å²) in [5.41, 5.74) is 0.456. The number of hydrogen-bond acceptors (Lipinski definition) is 5. The van der Waals surface area contributed by atoms with Crippen LogP contribution in [0.2, 0.25) is 0 Å². The van der Waals surface area contributed by atoms with Crippen molar-refractivity contribution in [3.8, 4) is 0 Å². The predicted octanol–water partition coefficient (Wildman–Crippen LogP) is 0.891. The van der Waals surface area contributed by atoms with Crippen LogP contribution in [0.25, 0.3) is 0 Å². The number of nitrogens with zero attached hydrogens (tertiary/aromatic N) is 1. The van der Waals surface area contributed by atoms with Gasteiger partial charge in [0.25, 0.3) is 0 Å². The zero-order chi connectivity index (χ0) is 11.3. The molecule has 0 aromatic rings. The van der Waals surface area contributed by atoms with Crippen molar-refractivity contribution in [3.63, 3.8) is 0 Å². The smallest absolute Gasteiger partial charge is 0.207 e. The van der Waals surface area contributed by atoms with Crippen LogP contribution in [0.1, 0.15) is 6.42 Å². The van der Waals surface area contributed by atoms with Crippen LogP contribution in [0.4, 0.5) is 0 Å². The third-order valence-corrected chi connectivity index (χ3v) is 2.27. The van der Waals surface area contributed by atoms with Gasteiger partial charge < -0.3 is 14.7 Å². The monoisotopic (exact) mass is 211 g/mol. The van der Waals surface area contributed by atoms with Crippen molar-refractivity contribution in [2.24, 2.45) is 5.16 Å². The summed E-state index contributed by atoms with van der Waals surface area (Å²) in [7, 11) is 3.06. The molecule has 0 aromatic carbocycles. The van der Waals surface area contributed by atoms with Crippen molar-refractivity contribution in [1.29, 1.82) is 0 Å². The molecule has 15 heavy (non-hydrogen) atoms. The Balaban J connectivity index is 2.76. The van der Waals surface area contributed by atoms with Gasteiger partial charge in [-0.15, -0.1) is 0 Å². The molecule has 0 radical (unpaired) electrons. The molecule has 5 nitrogen and oxygen atoms in total. The van der Waals surface area contributed by atoms with Gasteiger partial charge in [-0.05, 0) is 6.08 Å². The van der Waals surface area contributed by atoms with E-state index in [2.05, 4.69) is 5.16 Å². The lowest BCUT2D eigenvalue weighted by Crippen LogP contribution is -2.32. The molecule has 1 aliphatic rings. The summed E-state index contributed by atoms with van der Waals surface area (Å²) >= 11 is 0. The van der Waals surface area contributed by atoms with E-state index in [1.54, 1.807) is 18.2 Å². The molecule has 0 amide bonds. The molecule has 0 spiro atoms. The lowest BCUT2D eigenvalue weighted by Gasteiger charge is -2.28. The van der Waals surface area contributed by atoms with Crippen LogP contribution in [0, 0.1) is 0 Å². The first-order valence-electron chi connectivity index (χ1n) is 4.39. The second kappa shape index (κ2) is 4.86. The number of Topliss-reactive ketones (excluding diaryl/α,β-unsaturated/α-hetero) is 1. The molecule has 82 valence electrons. The van der Waals surface area contributed by atoms with E-state index in [9.17, 15) is 4.79 Å². The Bertz CT molecular complexity index is 326. The molecule has 0 atom stereocenters. The number of ketones is 1. The van der Waals surface area contributed by atoms with Crippen molar-refractivity contribution in [1.82, 2.24) is 0 Å². The third kappa shape index (κ3) is 2.51. The standard InChI is InChI=1S/C10H13NO4/c1-14-10(15-2)5-3-8(4-6-10)9(12)7-11-13/h3-5,7,13H,6H2,1-2H3. The predicted molar refractivity (Wildman–Crippen MR) is 53.9 cm³/mol. The van der Waals surface area contributed by atoms with Crippen molar-refractivity contribution < 1.29 is 19.5 Å². The zero-order valence-corrected chi connectivity index (χ0v) is 8.64. The number of oxime groups is 1. The van der Waals surface area contributed by atoms with E-state index in [0.29, 0.717) is 12.0 Å². The molecule has 0 fully saturated rings. The summed E-state index contributed by atoms with van der Waals surface area (Å²) in [5, 5.41) is 10.9.